The number of hydrogen-bond acceptors (Lipinski definition) is 4. The highest BCUT2D eigenvalue weighted by Gasteiger charge is 2.12. The second kappa shape index (κ2) is 4.27. The Labute approximate surface area is 100 Å². The van der Waals surface area contributed by atoms with Gasteiger partial charge in [-0.25, -0.2) is 4.79 Å². The highest BCUT2D eigenvalue weighted by atomic mass is 32.9. The van der Waals surface area contributed by atoms with E-state index >= 15 is 0 Å². The van der Waals surface area contributed by atoms with E-state index in [-0.39, 0.29) is 0 Å². The van der Waals surface area contributed by atoms with Gasteiger partial charge in [-0.2, -0.15) is 4.98 Å². The van der Waals surface area contributed by atoms with E-state index < -0.39 is 11.2 Å². The molecule has 0 saturated carbocycles. The van der Waals surface area contributed by atoms with Gasteiger partial charge in [-0.05, 0) is 17.4 Å². The molecule has 0 fully saturated rings. The first-order valence-corrected chi connectivity index (χ1v) is 8.68. The average molecular weight is 272 g/mol. The molecule has 2 rings (SSSR count). The summed E-state index contributed by atoms with van der Waals surface area (Å²) in [7, 11) is 0. The molecule has 0 amide bonds. The Hall–Kier alpha value is -0.720. The standard InChI is InChI=1S/C8H9N4OPS2/c9-14(10,15)16-7-5-3-1-2-4-6(5)11-8(13)12-7/h1-4H,(H4,9,10,15)(H,11,12,13). The van der Waals surface area contributed by atoms with Crippen LogP contribution in [-0.2, 0) is 11.8 Å². The molecular weight excluding hydrogens is 263 g/mol. The summed E-state index contributed by atoms with van der Waals surface area (Å²) in [4.78, 5) is 17.8. The van der Waals surface area contributed by atoms with Gasteiger partial charge < -0.3 is 4.98 Å². The zero-order valence-corrected chi connectivity index (χ0v) is 10.6. The Bertz CT molecular complexity index is 635. The lowest BCUT2D eigenvalue weighted by Gasteiger charge is -2.09. The molecule has 1 heterocycles. The van der Waals surface area contributed by atoms with E-state index in [4.69, 9.17) is 22.8 Å². The summed E-state index contributed by atoms with van der Waals surface area (Å²) in [6.07, 6.45) is 0. The van der Waals surface area contributed by atoms with Crippen molar-refractivity contribution in [1.82, 2.24) is 9.97 Å². The molecule has 5 nitrogen and oxygen atoms in total. The van der Waals surface area contributed by atoms with Gasteiger partial charge in [0.2, 0.25) is 0 Å². The van der Waals surface area contributed by atoms with Gasteiger partial charge in [0.05, 0.1) is 5.52 Å². The van der Waals surface area contributed by atoms with E-state index in [2.05, 4.69) is 9.97 Å². The molecule has 8 heteroatoms. The molecule has 16 heavy (non-hydrogen) atoms. The molecule has 1 aromatic heterocycles. The summed E-state index contributed by atoms with van der Waals surface area (Å²) in [6.45, 7) is 0. The second-order valence-electron chi connectivity index (χ2n) is 3.13. The third-order valence-corrected chi connectivity index (χ3v) is 4.65. The Kier molecular flexibility index (Phi) is 3.14. The third kappa shape index (κ3) is 2.69. The number of aromatic nitrogens is 2. The quantitative estimate of drug-likeness (QED) is 0.560. The van der Waals surface area contributed by atoms with Crippen LogP contribution in [0.5, 0.6) is 0 Å². The number of nitrogens with one attached hydrogen (secondary N) is 1. The van der Waals surface area contributed by atoms with Crippen LogP contribution in [0.1, 0.15) is 0 Å². The van der Waals surface area contributed by atoms with Crippen molar-refractivity contribution in [1.29, 1.82) is 0 Å². The number of hydrogen-bond donors (Lipinski definition) is 3. The topological polar surface area (TPSA) is 97.8 Å². The summed E-state index contributed by atoms with van der Waals surface area (Å²) >= 11 is 6.05. The molecule has 0 saturated heterocycles. The van der Waals surface area contributed by atoms with Crippen LogP contribution in [0.15, 0.2) is 34.1 Å². The van der Waals surface area contributed by atoms with Crippen LogP contribution in [0.2, 0.25) is 0 Å². The minimum Gasteiger partial charge on any atom is -0.305 e. The predicted molar refractivity (Wildman–Crippen MR) is 70.9 cm³/mol. The molecule has 5 N–H and O–H groups in total. The Balaban J connectivity index is 2.68. The van der Waals surface area contributed by atoms with Crippen molar-refractivity contribution in [2.45, 2.75) is 5.03 Å². The van der Waals surface area contributed by atoms with Crippen molar-refractivity contribution in [3.63, 3.8) is 0 Å². The van der Waals surface area contributed by atoms with Crippen molar-refractivity contribution >= 4 is 39.6 Å². The number of fused-ring (bicyclic) bond motifs is 1. The molecule has 0 unspecified atom stereocenters. The van der Waals surface area contributed by atoms with E-state index in [0.29, 0.717) is 10.5 Å². The van der Waals surface area contributed by atoms with Crippen molar-refractivity contribution in [3.05, 3.63) is 34.7 Å². The first kappa shape index (κ1) is 11.8. The van der Waals surface area contributed by atoms with Gasteiger partial charge in [0, 0.05) is 5.39 Å². The van der Waals surface area contributed by atoms with Gasteiger partial charge >= 0.3 is 5.69 Å². The lowest BCUT2D eigenvalue weighted by atomic mass is 10.2. The molecule has 0 atom stereocenters. The summed E-state index contributed by atoms with van der Waals surface area (Å²) in [5.74, 6) is 0. The molecule has 0 radical (unpaired) electrons. The first-order valence-electron chi connectivity index (χ1n) is 4.31. The Morgan fingerprint density at radius 2 is 2.06 bits per heavy atom. The molecule has 0 spiro atoms. The van der Waals surface area contributed by atoms with Gasteiger partial charge in [-0.1, -0.05) is 30.0 Å². The number of para-hydroxylation sites is 1. The fourth-order valence-corrected chi connectivity index (χ4v) is 3.81. The van der Waals surface area contributed by atoms with E-state index in [1.54, 1.807) is 6.07 Å². The highest BCUT2D eigenvalue weighted by Crippen LogP contribution is 2.48. The molecule has 0 aliphatic heterocycles. The normalized spacial score (nSPS) is 11.9. The zero-order chi connectivity index (χ0) is 11.8. The summed E-state index contributed by atoms with van der Waals surface area (Å²) in [5.41, 5.74) is 9.04. The average Bonchev–Trinajstić information content (AvgIpc) is 2.14. The van der Waals surface area contributed by atoms with Crippen LogP contribution >= 0.6 is 16.9 Å². The summed E-state index contributed by atoms with van der Waals surface area (Å²) in [6, 6.07) is 7.31. The van der Waals surface area contributed by atoms with E-state index in [1.807, 2.05) is 18.2 Å². The van der Waals surface area contributed by atoms with E-state index in [9.17, 15) is 4.79 Å². The lowest BCUT2D eigenvalue weighted by molar-refractivity contribution is 1.03. The molecule has 0 aliphatic rings. The number of H-pyrrole nitrogens is 1. The maximum atomic E-state index is 11.3. The SMILES string of the molecule is NP(N)(=S)Sc1nc(=O)[nH]c2ccccc12. The minimum absolute atomic E-state index is 0.426. The number of rotatable bonds is 2. The van der Waals surface area contributed by atoms with Crippen LogP contribution in [0.3, 0.4) is 0 Å². The van der Waals surface area contributed by atoms with Gasteiger partial charge in [0.15, 0.2) is 0 Å². The Morgan fingerprint density at radius 1 is 1.38 bits per heavy atom. The monoisotopic (exact) mass is 272 g/mol. The smallest absolute Gasteiger partial charge is 0.305 e. The van der Waals surface area contributed by atoms with Crippen LogP contribution in [0.25, 0.3) is 10.9 Å². The molecule has 0 bridgehead atoms. The predicted octanol–water partition coefficient (Wildman–Crippen LogP) is 1.16. The summed E-state index contributed by atoms with van der Waals surface area (Å²) < 4.78 is 0. The molecule has 1 aromatic carbocycles. The Morgan fingerprint density at radius 3 is 2.75 bits per heavy atom. The van der Waals surface area contributed by atoms with Gasteiger partial charge in [0.25, 0.3) is 0 Å². The number of benzene rings is 1. The summed E-state index contributed by atoms with van der Waals surface area (Å²) in [5, 5.41) is 1.30. The maximum absolute atomic E-state index is 11.3. The first-order chi connectivity index (χ1) is 7.46. The maximum Gasteiger partial charge on any atom is 0.346 e. The van der Waals surface area contributed by atoms with E-state index in [1.165, 1.54) is 0 Å². The van der Waals surface area contributed by atoms with Crippen molar-refractivity contribution in [3.8, 4) is 0 Å². The third-order valence-electron chi connectivity index (χ3n) is 1.83. The van der Waals surface area contributed by atoms with Crippen molar-refractivity contribution in [2.24, 2.45) is 11.0 Å². The van der Waals surface area contributed by atoms with Crippen LogP contribution in [-0.4, -0.2) is 9.97 Å². The van der Waals surface area contributed by atoms with Crippen LogP contribution in [0.4, 0.5) is 0 Å². The van der Waals surface area contributed by atoms with Crippen LogP contribution in [0, 0.1) is 0 Å². The molecule has 2 aromatic rings. The largest absolute Gasteiger partial charge is 0.346 e. The molecular formula is C8H9N4OPS2. The zero-order valence-electron chi connectivity index (χ0n) is 8.08. The molecule has 0 aliphatic carbocycles. The van der Waals surface area contributed by atoms with Crippen molar-refractivity contribution in [2.75, 3.05) is 0 Å². The number of nitrogens with zero attached hydrogens (tertiary/aromatic N) is 1. The second-order valence-corrected chi connectivity index (χ2v) is 9.86. The van der Waals surface area contributed by atoms with Gasteiger partial charge in [-0.3, -0.25) is 11.0 Å². The number of nitrogens with two attached hydrogens (primary N) is 2. The van der Waals surface area contributed by atoms with Crippen molar-refractivity contribution < 1.29 is 0 Å². The van der Waals surface area contributed by atoms with Gasteiger partial charge in [0.1, 0.15) is 10.6 Å². The highest BCUT2D eigenvalue weighted by molar-refractivity contribution is 8.69. The molecule has 84 valence electrons. The van der Waals surface area contributed by atoms with Crippen LogP contribution < -0.4 is 16.7 Å². The minimum atomic E-state index is -2.48. The fraction of sp³-hybridized carbons (Fsp3) is 0. The van der Waals surface area contributed by atoms with Gasteiger partial charge in [-0.15, -0.1) is 0 Å². The lowest BCUT2D eigenvalue weighted by Crippen LogP contribution is -2.11. The fourth-order valence-electron chi connectivity index (χ4n) is 1.28. The van der Waals surface area contributed by atoms with E-state index in [0.717, 1.165) is 16.8 Å². The number of aromatic amines is 1.